The van der Waals surface area contributed by atoms with Crippen molar-refractivity contribution < 1.29 is 14.3 Å². The molecule has 1 aromatic rings. The summed E-state index contributed by atoms with van der Waals surface area (Å²) >= 11 is 0. The van der Waals surface area contributed by atoms with Gasteiger partial charge in [-0.3, -0.25) is 0 Å². The minimum Gasteiger partial charge on any atom is -0.490 e. The van der Waals surface area contributed by atoms with Gasteiger partial charge < -0.3 is 14.3 Å². The maximum Gasteiger partial charge on any atom is 0.165 e. The Hall–Kier alpha value is -1.51. The van der Waals surface area contributed by atoms with Gasteiger partial charge in [0, 0.05) is 18.4 Å². The SMILES string of the molecule is CC(=O)CCCOc1cccc2c1OC(C)(C)C2. The van der Waals surface area contributed by atoms with Crippen molar-refractivity contribution in [3.8, 4) is 11.5 Å². The van der Waals surface area contributed by atoms with Gasteiger partial charge in [-0.1, -0.05) is 12.1 Å². The Balaban J connectivity index is 1.99. The maximum absolute atomic E-state index is 10.8. The lowest BCUT2D eigenvalue weighted by Crippen LogP contribution is -2.24. The molecular weight excluding hydrogens is 228 g/mol. The van der Waals surface area contributed by atoms with Crippen LogP contribution in [0, 0.1) is 0 Å². The lowest BCUT2D eigenvalue weighted by Gasteiger charge is -2.18. The molecule has 1 heterocycles. The fraction of sp³-hybridized carbons (Fsp3) is 0.533. The quantitative estimate of drug-likeness (QED) is 0.751. The zero-order valence-corrected chi connectivity index (χ0v) is 11.3. The molecule has 3 nitrogen and oxygen atoms in total. The number of hydrogen-bond donors (Lipinski definition) is 0. The van der Waals surface area contributed by atoms with E-state index in [1.807, 2.05) is 12.1 Å². The Morgan fingerprint density at radius 3 is 2.94 bits per heavy atom. The van der Waals surface area contributed by atoms with Gasteiger partial charge in [0.25, 0.3) is 0 Å². The summed E-state index contributed by atoms with van der Waals surface area (Å²) in [6.07, 6.45) is 2.23. The zero-order chi connectivity index (χ0) is 13.2. The number of hydrogen-bond acceptors (Lipinski definition) is 3. The summed E-state index contributed by atoms with van der Waals surface area (Å²) < 4.78 is 11.6. The molecule has 0 saturated carbocycles. The minimum absolute atomic E-state index is 0.152. The molecular formula is C15H20O3. The number of para-hydroxylation sites is 1. The summed E-state index contributed by atoms with van der Waals surface area (Å²) in [6.45, 7) is 6.31. The Bertz CT molecular complexity index is 449. The third kappa shape index (κ3) is 3.03. The Morgan fingerprint density at radius 2 is 2.22 bits per heavy atom. The average Bonchev–Trinajstić information content (AvgIpc) is 2.58. The first-order chi connectivity index (χ1) is 8.48. The van der Waals surface area contributed by atoms with Crippen LogP contribution < -0.4 is 9.47 Å². The molecule has 1 aliphatic heterocycles. The number of carbonyl (C=O) groups excluding carboxylic acids is 1. The first-order valence-corrected chi connectivity index (χ1v) is 6.41. The van der Waals surface area contributed by atoms with E-state index in [1.165, 1.54) is 5.56 Å². The molecule has 3 heteroatoms. The van der Waals surface area contributed by atoms with E-state index in [9.17, 15) is 4.79 Å². The van der Waals surface area contributed by atoms with Crippen LogP contribution in [0.2, 0.25) is 0 Å². The van der Waals surface area contributed by atoms with Crippen molar-refractivity contribution in [1.82, 2.24) is 0 Å². The second-order valence-electron chi connectivity index (χ2n) is 5.44. The summed E-state index contributed by atoms with van der Waals surface area (Å²) in [5.74, 6) is 1.86. The highest BCUT2D eigenvalue weighted by Crippen LogP contribution is 2.41. The molecule has 0 spiro atoms. The van der Waals surface area contributed by atoms with Crippen molar-refractivity contribution in [3.63, 3.8) is 0 Å². The van der Waals surface area contributed by atoms with E-state index in [0.29, 0.717) is 13.0 Å². The highest BCUT2D eigenvalue weighted by atomic mass is 16.5. The van der Waals surface area contributed by atoms with Crippen molar-refractivity contribution in [2.24, 2.45) is 0 Å². The molecule has 18 heavy (non-hydrogen) atoms. The second kappa shape index (κ2) is 5.01. The predicted molar refractivity (Wildman–Crippen MR) is 70.3 cm³/mol. The third-order valence-corrected chi connectivity index (χ3v) is 2.99. The number of fused-ring (bicyclic) bond motifs is 1. The summed E-state index contributed by atoms with van der Waals surface area (Å²) in [4.78, 5) is 10.8. The van der Waals surface area contributed by atoms with Crippen molar-refractivity contribution in [1.29, 1.82) is 0 Å². The van der Waals surface area contributed by atoms with Gasteiger partial charge in [-0.15, -0.1) is 0 Å². The molecule has 98 valence electrons. The van der Waals surface area contributed by atoms with Gasteiger partial charge in [-0.05, 0) is 33.3 Å². The van der Waals surface area contributed by atoms with Crippen LogP contribution in [0.1, 0.15) is 39.2 Å². The van der Waals surface area contributed by atoms with Crippen LogP contribution in [-0.4, -0.2) is 18.0 Å². The predicted octanol–water partition coefficient (Wildman–Crippen LogP) is 3.15. The maximum atomic E-state index is 10.8. The minimum atomic E-state index is -0.152. The van der Waals surface area contributed by atoms with E-state index in [2.05, 4.69) is 19.9 Å². The van der Waals surface area contributed by atoms with Crippen LogP contribution in [0.4, 0.5) is 0 Å². The standard InChI is InChI=1S/C15H20O3/c1-11(16)6-5-9-17-13-8-4-7-12-10-15(2,3)18-14(12)13/h4,7-8H,5-6,9-10H2,1-3H3. The summed E-state index contributed by atoms with van der Waals surface area (Å²) in [7, 11) is 0. The van der Waals surface area contributed by atoms with Crippen LogP contribution in [0.25, 0.3) is 0 Å². The molecule has 1 aromatic carbocycles. The Labute approximate surface area is 108 Å². The van der Waals surface area contributed by atoms with Gasteiger partial charge in [0.1, 0.15) is 11.4 Å². The average molecular weight is 248 g/mol. The van der Waals surface area contributed by atoms with Crippen molar-refractivity contribution in [2.75, 3.05) is 6.61 Å². The van der Waals surface area contributed by atoms with Crippen LogP contribution in [0.15, 0.2) is 18.2 Å². The number of carbonyl (C=O) groups is 1. The first kappa shape index (κ1) is 12.9. The molecule has 0 saturated heterocycles. The van der Waals surface area contributed by atoms with Gasteiger partial charge in [0.2, 0.25) is 0 Å². The van der Waals surface area contributed by atoms with Crippen LogP contribution in [-0.2, 0) is 11.2 Å². The molecule has 0 aliphatic carbocycles. The lowest BCUT2D eigenvalue weighted by molar-refractivity contribution is -0.117. The number of ketones is 1. The smallest absolute Gasteiger partial charge is 0.165 e. The summed E-state index contributed by atoms with van der Waals surface area (Å²) in [6, 6.07) is 5.99. The molecule has 2 rings (SSSR count). The van der Waals surface area contributed by atoms with Crippen LogP contribution in [0.3, 0.4) is 0 Å². The fourth-order valence-electron chi connectivity index (χ4n) is 2.20. The van der Waals surface area contributed by atoms with Crippen LogP contribution in [0.5, 0.6) is 11.5 Å². The summed E-state index contributed by atoms with van der Waals surface area (Å²) in [5.41, 5.74) is 1.05. The first-order valence-electron chi connectivity index (χ1n) is 6.41. The lowest BCUT2D eigenvalue weighted by atomic mass is 10.0. The third-order valence-electron chi connectivity index (χ3n) is 2.99. The van der Waals surface area contributed by atoms with Crippen molar-refractivity contribution >= 4 is 5.78 Å². The number of ether oxygens (including phenoxy) is 2. The molecule has 0 N–H and O–H groups in total. The molecule has 1 aliphatic rings. The van der Waals surface area contributed by atoms with Gasteiger partial charge in [0.05, 0.1) is 6.61 Å². The monoisotopic (exact) mass is 248 g/mol. The topological polar surface area (TPSA) is 35.5 Å². The van der Waals surface area contributed by atoms with E-state index in [0.717, 1.165) is 24.3 Å². The van der Waals surface area contributed by atoms with Gasteiger partial charge in [-0.2, -0.15) is 0 Å². The molecule has 0 bridgehead atoms. The van der Waals surface area contributed by atoms with Gasteiger partial charge >= 0.3 is 0 Å². The van der Waals surface area contributed by atoms with Gasteiger partial charge in [0.15, 0.2) is 11.5 Å². The number of Topliss-reactive ketones (excluding diaryl/α,β-unsaturated/α-hetero) is 1. The van der Waals surface area contributed by atoms with E-state index >= 15 is 0 Å². The highest BCUT2D eigenvalue weighted by molar-refractivity contribution is 5.75. The fourth-order valence-corrected chi connectivity index (χ4v) is 2.20. The summed E-state index contributed by atoms with van der Waals surface area (Å²) in [5, 5.41) is 0. The molecule has 0 amide bonds. The van der Waals surface area contributed by atoms with E-state index in [4.69, 9.17) is 9.47 Å². The molecule has 0 unspecified atom stereocenters. The highest BCUT2D eigenvalue weighted by Gasteiger charge is 2.32. The van der Waals surface area contributed by atoms with Crippen molar-refractivity contribution in [3.05, 3.63) is 23.8 Å². The Morgan fingerprint density at radius 1 is 1.44 bits per heavy atom. The number of rotatable bonds is 5. The molecule has 0 aromatic heterocycles. The van der Waals surface area contributed by atoms with Crippen LogP contribution >= 0.6 is 0 Å². The molecule has 0 atom stereocenters. The normalized spacial score (nSPS) is 15.9. The van der Waals surface area contributed by atoms with E-state index in [-0.39, 0.29) is 11.4 Å². The Kier molecular flexibility index (Phi) is 3.60. The largest absolute Gasteiger partial charge is 0.490 e. The zero-order valence-electron chi connectivity index (χ0n) is 11.3. The number of benzene rings is 1. The van der Waals surface area contributed by atoms with Crippen molar-refractivity contribution in [2.45, 2.75) is 45.6 Å². The van der Waals surface area contributed by atoms with Gasteiger partial charge in [-0.25, -0.2) is 0 Å². The molecule has 0 radical (unpaired) electrons. The second-order valence-corrected chi connectivity index (χ2v) is 5.44. The van der Waals surface area contributed by atoms with E-state index < -0.39 is 0 Å². The van der Waals surface area contributed by atoms with E-state index in [1.54, 1.807) is 6.92 Å². The molecule has 0 fully saturated rings.